The number of aromatic nitrogens is 1. The number of carbonyl (C=O) groups excluding carboxylic acids is 2. The Bertz CT molecular complexity index is 1070. The van der Waals surface area contributed by atoms with E-state index < -0.39 is 6.10 Å². The zero-order valence-corrected chi connectivity index (χ0v) is 17.1. The van der Waals surface area contributed by atoms with E-state index in [0.29, 0.717) is 18.1 Å². The molecule has 1 atom stereocenters. The minimum Gasteiger partial charge on any atom is -0.387 e. The lowest BCUT2D eigenvalue weighted by atomic mass is 10.0. The monoisotopic (exact) mass is 426 g/mol. The number of hydrogen-bond acceptors (Lipinski definition) is 3. The van der Waals surface area contributed by atoms with Crippen LogP contribution in [0.1, 0.15) is 22.9 Å². The van der Waals surface area contributed by atoms with Gasteiger partial charge in [-0.15, -0.1) is 0 Å². The van der Waals surface area contributed by atoms with Crippen LogP contribution in [0.25, 0.3) is 10.9 Å². The maximum Gasteiger partial charge on any atom is 0.318 e. The smallest absolute Gasteiger partial charge is 0.318 e. The van der Waals surface area contributed by atoms with Crippen molar-refractivity contribution in [1.29, 1.82) is 0 Å². The number of urea groups is 1. The first-order valence-corrected chi connectivity index (χ1v) is 10.2. The van der Waals surface area contributed by atoms with Crippen LogP contribution in [0.5, 0.6) is 0 Å². The predicted octanol–water partition coefficient (Wildman–Crippen LogP) is 2.74. The first-order chi connectivity index (χ1) is 14.5. The first kappa shape index (κ1) is 20.3. The molecule has 4 rings (SSSR count). The van der Waals surface area contributed by atoms with E-state index in [1.165, 1.54) is 5.56 Å². The van der Waals surface area contributed by atoms with Crippen molar-refractivity contribution in [2.24, 2.45) is 0 Å². The minimum atomic E-state index is -0.790. The van der Waals surface area contributed by atoms with Gasteiger partial charge in [0.2, 0.25) is 5.91 Å². The van der Waals surface area contributed by atoms with E-state index >= 15 is 0 Å². The van der Waals surface area contributed by atoms with Gasteiger partial charge in [-0.1, -0.05) is 41.9 Å². The number of nitrogens with zero attached hydrogens (tertiary/aromatic N) is 1. The van der Waals surface area contributed by atoms with Gasteiger partial charge in [0.1, 0.15) is 0 Å². The quantitative estimate of drug-likeness (QED) is 0.505. The molecule has 0 aliphatic carbocycles. The molecule has 1 aliphatic rings. The fourth-order valence-corrected chi connectivity index (χ4v) is 3.89. The summed E-state index contributed by atoms with van der Waals surface area (Å²) in [6, 6.07) is 14.5. The maximum atomic E-state index is 12.5. The SMILES string of the molecule is O=C(CNC(=O)N1CCc2c([nH]c3ccc(Cl)cc23)C1)NC[C@H](O)c1ccccc1. The van der Waals surface area contributed by atoms with Gasteiger partial charge in [0.15, 0.2) is 0 Å². The average Bonchev–Trinajstić information content (AvgIpc) is 3.13. The number of hydrogen-bond donors (Lipinski definition) is 4. The van der Waals surface area contributed by atoms with Crippen molar-refractivity contribution >= 4 is 34.4 Å². The highest BCUT2D eigenvalue weighted by molar-refractivity contribution is 6.31. The Labute approximate surface area is 179 Å². The number of nitrogens with one attached hydrogen (secondary N) is 3. The largest absolute Gasteiger partial charge is 0.387 e. The van der Waals surface area contributed by atoms with Crippen molar-refractivity contribution < 1.29 is 14.7 Å². The molecule has 2 heterocycles. The van der Waals surface area contributed by atoms with Crippen LogP contribution < -0.4 is 10.6 Å². The molecule has 0 spiro atoms. The second-order valence-corrected chi connectivity index (χ2v) is 7.77. The molecular formula is C22H23ClN4O3. The van der Waals surface area contributed by atoms with Crippen LogP contribution in [0.15, 0.2) is 48.5 Å². The molecule has 1 aliphatic heterocycles. The summed E-state index contributed by atoms with van der Waals surface area (Å²) in [6.45, 7) is 0.948. The molecule has 8 heteroatoms. The highest BCUT2D eigenvalue weighted by Gasteiger charge is 2.24. The van der Waals surface area contributed by atoms with Gasteiger partial charge in [0, 0.05) is 34.7 Å². The van der Waals surface area contributed by atoms with E-state index in [1.54, 1.807) is 17.0 Å². The van der Waals surface area contributed by atoms with Crippen molar-refractivity contribution in [1.82, 2.24) is 20.5 Å². The maximum absolute atomic E-state index is 12.5. The molecule has 0 fully saturated rings. The summed E-state index contributed by atoms with van der Waals surface area (Å²) in [6.07, 6.45) is -0.0691. The molecule has 0 saturated heterocycles. The zero-order valence-electron chi connectivity index (χ0n) is 16.3. The Hall–Kier alpha value is -3.03. The summed E-state index contributed by atoms with van der Waals surface area (Å²) in [5.41, 5.74) is 3.90. The lowest BCUT2D eigenvalue weighted by molar-refractivity contribution is -0.120. The molecule has 0 radical (unpaired) electrons. The fourth-order valence-electron chi connectivity index (χ4n) is 3.72. The third kappa shape index (κ3) is 4.42. The zero-order chi connectivity index (χ0) is 21.1. The number of fused-ring (bicyclic) bond motifs is 3. The van der Waals surface area contributed by atoms with Crippen molar-refractivity contribution in [3.63, 3.8) is 0 Å². The molecule has 0 saturated carbocycles. The van der Waals surface area contributed by atoms with E-state index in [4.69, 9.17) is 11.6 Å². The molecule has 0 unspecified atom stereocenters. The average molecular weight is 427 g/mol. The third-order valence-corrected chi connectivity index (χ3v) is 5.54. The van der Waals surface area contributed by atoms with Crippen molar-refractivity contribution in [3.05, 3.63) is 70.4 Å². The Kier molecular flexibility index (Phi) is 5.92. The summed E-state index contributed by atoms with van der Waals surface area (Å²) in [5.74, 6) is -0.351. The Balaban J connectivity index is 1.27. The van der Waals surface area contributed by atoms with Crippen LogP contribution in [0.3, 0.4) is 0 Å². The minimum absolute atomic E-state index is 0.0867. The van der Waals surface area contributed by atoms with Crippen molar-refractivity contribution in [2.75, 3.05) is 19.6 Å². The molecule has 3 amide bonds. The van der Waals surface area contributed by atoms with E-state index in [9.17, 15) is 14.7 Å². The molecule has 4 N–H and O–H groups in total. The molecular weight excluding hydrogens is 404 g/mol. The highest BCUT2D eigenvalue weighted by atomic mass is 35.5. The molecule has 0 bridgehead atoms. The molecule has 7 nitrogen and oxygen atoms in total. The van der Waals surface area contributed by atoms with Crippen LogP contribution >= 0.6 is 11.6 Å². The number of benzene rings is 2. The van der Waals surface area contributed by atoms with Crippen LogP contribution in [0.4, 0.5) is 4.79 Å². The highest BCUT2D eigenvalue weighted by Crippen LogP contribution is 2.29. The molecule has 1 aromatic heterocycles. The van der Waals surface area contributed by atoms with Gasteiger partial charge >= 0.3 is 6.03 Å². The lowest BCUT2D eigenvalue weighted by Gasteiger charge is -2.27. The predicted molar refractivity (Wildman–Crippen MR) is 115 cm³/mol. The van der Waals surface area contributed by atoms with Crippen LogP contribution in [-0.4, -0.2) is 46.6 Å². The third-order valence-electron chi connectivity index (χ3n) is 5.30. The Morgan fingerprint density at radius 1 is 1.17 bits per heavy atom. The summed E-state index contributed by atoms with van der Waals surface area (Å²) < 4.78 is 0. The summed E-state index contributed by atoms with van der Waals surface area (Å²) in [4.78, 5) is 29.6. The topological polar surface area (TPSA) is 97.5 Å². The number of aliphatic hydroxyl groups excluding tert-OH is 1. The number of carbonyl (C=O) groups is 2. The molecule has 156 valence electrons. The van der Waals surface area contributed by atoms with Gasteiger partial charge in [0.05, 0.1) is 19.2 Å². The van der Waals surface area contributed by atoms with Crippen LogP contribution in [0.2, 0.25) is 5.02 Å². The van der Waals surface area contributed by atoms with Gasteiger partial charge in [-0.2, -0.15) is 0 Å². The van der Waals surface area contributed by atoms with Gasteiger partial charge < -0.3 is 25.6 Å². The summed E-state index contributed by atoms with van der Waals surface area (Å²) in [5, 5.41) is 17.2. The van der Waals surface area contributed by atoms with Gasteiger partial charge in [-0.3, -0.25) is 4.79 Å². The Morgan fingerprint density at radius 2 is 1.97 bits per heavy atom. The van der Waals surface area contributed by atoms with Crippen molar-refractivity contribution in [2.45, 2.75) is 19.1 Å². The van der Waals surface area contributed by atoms with E-state index in [0.717, 1.165) is 28.6 Å². The Morgan fingerprint density at radius 3 is 2.77 bits per heavy atom. The number of rotatable bonds is 5. The number of aliphatic hydroxyl groups is 1. The van der Waals surface area contributed by atoms with E-state index in [-0.39, 0.29) is 25.0 Å². The number of H-pyrrole nitrogens is 1. The number of aromatic amines is 1. The fraction of sp³-hybridized carbons (Fsp3) is 0.273. The second kappa shape index (κ2) is 8.77. The van der Waals surface area contributed by atoms with Crippen molar-refractivity contribution in [3.8, 4) is 0 Å². The number of amides is 3. The van der Waals surface area contributed by atoms with Crippen LogP contribution in [-0.2, 0) is 17.8 Å². The molecule has 30 heavy (non-hydrogen) atoms. The standard InChI is InChI=1S/C22H23ClN4O3/c23-15-6-7-18-17(10-15)16-8-9-27(13-19(16)26-18)22(30)25-12-21(29)24-11-20(28)14-4-2-1-3-5-14/h1-7,10,20,26,28H,8-9,11-13H2,(H,24,29)(H,25,30)/t20-/m0/s1. The number of halogens is 1. The van der Waals surface area contributed by atoms with Gasteiger partial charge in [-0.25, -0.2) is 4.79 Å². The second-order valence-electron chi connectivity index (χ2n) is 7.33. The van der Waals surface area contributed by atoms with Gasteiger partial charge in [-0.05, 0) is 35.7 Å². The van der Waals surface area contributed by atoms with E-state index in [1.807, 2.05) is 36.4 Å². The lowest BCUT2D eigenvalue weighted by Crippen LogP contribution is -2.46. The summed E-state index contributed by atoms with van der Waals surface area (Å²) >= 11 is 6.11. The summed E-state index contributed by atoms with van der Waals surface area (Å²) in [7, 11) is 0. The van der Waals surface area contributed by atoms with E-state index in [2.05, 4.69) is 15.6 Å². The molecule has 3 aromatic rings. The van der Waals surface area contributed by atoms with Gasteiger partial charge in [0.25, 0.3) is 0 Å². The molecule has 2 aromatic carbocycles. The van der Waals surface area contributed by atoms with Crippen LogP contribution in [0, 0.1) is 0 Å². The first-order valence-electron chi connectivity index (χ1n) is 9.82. The normalized spacial score (nSPS) is 14.3.